The molecule has 4 unspecified atom stereocenters. The van der Waals surface area contributed by atoms with Crippen molar-refractivity contribution in [1.82, 2.24) is 0 Å². The number of carbonyl (C=O) groups excluding carboxylic acids is 1. The Labute approximate surface area is 113 Å². The highest BCUT2D eigenvalue weighted by Crippen LogP contribution is 2.55. The second-order valence-electron chi connectivity index (χ2n) is 5.40. The van der Waals surface area contributed by atoms with Crippen molar-refractivity contribution < 1.29 is 9.53 Å². The molecular weight excluding hydrogens is 236 g/mol. The molecule has 0 spiro atoms. The summed E-state index contributed by atoms with van der Waals surface area (Å²) in [5.41, 5.74) is 1.98. The molecule has 1 aromatic rings. The van der Waals surface area contributed by atoms with Crippen LogP contribution in [0.2, 0.25) is 0 Å². The fourth-order valence-corrected chi connectivity index (χ4v) is 3.75. The first-order valence-electron chi connectivity index (χ1n) is 6.68. The van der Waals surface area contributed by atoms with E-state index in [1.807, 2.05) is 30.4 Å². The van der Waals surface area contributed by atoms with Gasteiger partial charge in [0.2, 0.25) is 0 Å². The van der Waals surface area contributed by atoms with Crippen LogP contribution in [-0.4, -0.2) is 12.9 Å². The van der Waals surface area contributed by atoms with E-state index >= 15 is 0 Å². The topological polar surface area (TPSA) is 26.3 Å². The van der Waals surface area contributed by atoms with Gasteiger partial charge in [0.05, 0.1) is 7.11 Å². The minimum atomic E-state index is 0.0441. The van der Waals surface area contributed by atoms with Crippen LogP contribution in [0.1, 0.15) is 28.3 Å². The number of allylic oxidation sites excluding steroid dienone is 2. The average Bonchev–Trinajstić information content (AvgIpc) is 2.96. The van der Waals surface area contributed by atoms with E-state index in [1.54, 1.807) is 7.11 Å². The van der Waals surface area contributed by atoms with Crippen LogP contribution >= 0.6 is 0 Å². The van der Waals surface area contributed by atoms with Crippen LogP contribution in [0.3, 0.4) is 0 Å². The predicted octanol–water partition coefficient (Wildman–Crippen LogP) is 3.60. The van der Waals surface area contributed by atoms with Crippen LogP contribution < -0.4 is 4.74 Å². The normalized spacial score (nSPS) is 31.7. The van der Waals surface area contributed by atoms with E-state index in [1.165, 1.54) is 0 Å². The van der Waals surface area contributed by atoms with Gasteiger partial charge in [0.15, 0.2) is 5.78 Å². The molecule has 0 aromatic heterocycles. The summed E-state index contributed by atoms with van der Waals surface area (Å²) in [7, 11) is 1.65. The second kappa shape index (κ2) is 4.37. The zero-order valence-electron chi connectivity index (χ0n) is 11.1. The monoisotopic (exact) mass is 254 g/mol. The average molecular weight is 254 g/mol. The van der Waals surface area contributed by atoms with Gasteiger partial charge in [0, 0.05) is 17.4 Å². The van der Waals surface area contributed by atoms with Crippen LogP contribution in [0.15, 0.2) is 43.5 Å². The highest BCUT2D eigenvalue weighted by Gasteiger charge is 2.51. The minimum absolute atomic E-state index is 0.0441. The smallest absolute Gasteiger partial charge is 0.167 e. The van der Waals surface area contributed by atoms with Gasteiger partial charge in [-0.2, -0.15) is 0 Å². The number of methoxy groups -OCH3 is 1. The zero-order valence-corrected chi connectivity index (χ0v) is 11.1. The molecule has 2 nitrogen and oxygen atoms in total. The fraction of sp³-hybridized carbons (Fsp3) is 0.353. The Morgan fingerprint density at radius 2 is 1.89 bits per heavy atom. The van der Waals surface area contributed by atoms with Crippen molar-refractivity contribution in [3.63, 3.8) is 0 Å². The van der Waals surface area contributed by atoms with Crippen molar-refractivity contribution in [3.05, 3.63) is 54.6 Å². The van der Waals surface area contributed by atoms with E-state index in [9.17, 15) is 4.79 Å². The highest BCUT2D eigenvalue weighted by molar-refractivity contribution is 6.04. The maximum atomic E-state index is 12.6. The van der Waals surface area contributed by atoms with Gasteiger partial charge in [-0.25, -0.2) is 0 Å². The third kappa shape index (κ3) is 1.59. The Morgan fingerprint density at radius 1 is 1.21 bits per heavy atom. The molecule has 0 aliphatic heterocycles. The second-order valence-corrected chi connectivity index (χ2v) is 5.40. The number of benzene rings is 1. The number of ketones is 1. The molecule has 0 amide bonds. The minimum Gasteiger partial charge on any atom is -0.497 e. The Hall–Kier alpha value is -1.83. The molecule has 0 bridgehead atoms. The Bertz CT molecular complexity index is 558. The molecule has 19 heavy (non-hydrogen) atoms. The van der Waals surface area contributed by atoms with Crippen LogP contribution in [-0.2, 0) is 0 Å². The summed E-state index contributed by atoms with van der Waals surface area (Å²) in [4.78, 5) is 12.6. The summed E-state index contributed by atoms with van der Waals surface area (Å²) in [6.07, 6.45) is 4.90. The summed E-state index contributed by atoms with van der Waals surface area (Å²) in [6.45, 7) is 7.83. The highest BCUT2D eigenvalue weighted by atomic mass is 16.5. The first-order valence-corrected chi connectivity index (χ1v) is 6.68. The SMILES string of the molecule is C=CC1CC(C=C)C2c3cc(OC)ccc3C(=O)C12. The molecule has 0 radical (unpaired) electrons. The van der Waals surface area contributed by atoms with Crippen LogP contribution in [0.5, 0.6) is 5.75 Å². The van der Waals surface area contributed by atoms with Gasteiger partial charge < -0.3 is 4.74 Å². The maximum absolute atomic E-state index is 12.6. The summed E-state index contributed by atoms with van der Waals surface area (Å²) in [5.74, 6) is 1.99. The van der Waals surface area contributed by atoms with E-state index in [4.69, 9.17) is 4.74 Å². The number of hydrogen-bond donors (Lipinski definition) is 0. The van der Waals surface area contributed by atoms with Crippen molar-refractivity contribution in [1.29, 1.82) is 0 Å². The largest absolute Gasteiger partial charge is 0.497 e. The Kier molecular flexibility index (Phi) is 2.81. The molecule has 4 atom stereocenters. The Morgan fingerprint density at radius 3 is 2.53 bits per heavy atom. The molecular formula is C17H18O2. The lowest BCUT2D eigenvalue weighted by molar-refractivity contribution is 0.0913. The van der Waals surface area contributed by atoms with E-state index in [2.05, 4.69) is 13.2 Å². The lowest BCUT2D eigenvalue weighted by Crippen LogP contribution is -2.15. The summed E-state index contributed by atoms with van der Waals surface area (Å²) in [6, 6.07) is 5.78. The van der Waals surface area contributed by atoms with Gasteiger partial charge in [-0.05, 0) is 42.0 Å². The van der Waals surface area contributed by atoms with Crippen LogP contribution in [0.4, 0.5) is 0 Å². The first-order chi connectivity index (χ1) is 9.21. The molecule has 0 N–H and O–H groups in total. The van der Waals surface area contributed by atoms with Gasteiger partial charge in [-0.3, -0.25) is 4.79 Å². The van der Waals surface area contributed by atoms with Gasteiger partial charge >= 0.3 is 0 Å². The van der Waals surface area contributed by atoms with Crippen molar-refractivity contribution in [3.8, 4) is 5.75 Å². The number of fused-ring (bicyclic) bond motifs is 3. The van der Waals surface area contributed by atoms with Gasteiger partial charge in [0.25, 0.3) is 0 Å². The van der Waals surface area contributed by atoms with Gasteiger partial charge in [-0.15, -0.1) is 13.2 Å². The number of hydrogen-bond acceptors (Lipinski definition) is 2. The standard InChI is InChI=1S/C17H18O2/c1-4-10-8-11(5-2)16-15(10)14-9-12(19-3)6-7-13(14)17(16)18/h4-7,9-11,15-16H,1-2,8H2,3H3. The van der Waals surface area contributed by atoms with E-state index in [0.717, 1.165) is 23.3 Å². The summed E-state index contributed by atoms with van der Waals surface area (Å²) in [5, 5.41) is 0. The molecule has 98 valence electrons. The van der Waals surface area contributed by atoms with E-state index in [0.29, 0.717) is 5.92 Å². The predicted molar refractivity (Wildman–Crippen MR) is 75.5 cm³/mol. The zero-order chi connectivity index (χ0) is 13.6. The third-order valence-electron chi connectivity index (χ3n) is 4.65. The van der Waals surface area contributed by atoms with Crippen LogP contribution in [0, 0.1) is 17.8 Å². The van der Waals surface area contributed by atoms with Gasteiger partial charge in [0.1, 0.15) is 5.75 Å². The fourth-order valence-electron chi connectivity index (χ4n) is 3.75. The molecule has 3 rings (SSSR count). The van der Waals surface area contributed by atoms with E-state index in [-0.39, 0.29) is 23.5 Å². The molecule has 2 heteroatoms. The van der Waals surface area contributed by atoms with E-state index < -0.39 is 0 Å². The van der Waals surface area contributed by atoms with Crippen LogP contribution in [0.25, 0.3) is 0 Å². The summed E-state index contributed by atoms with van der Waals surface area (Å²) >= 11 is 0. The molecule has 2 aliphatic rings. The van der Waals surface area contributed by atoms with Crippen molar-refractivity contribution in [2.24, 2.45) is 17.8 Å². The number of ether oxygens (including phenoxy) is 1. The van der Waals surface area contributed by atoms with Crippen molar-refractivity contribution in [2.75, 3.05) is 7.11 Å². The molecule has 1 fully saturated rings. The summed E-state index contributed by atoms with van der Waals surface area (Å²) < 4.78 is 5.29. The number of carbonyl (C=O) groups is 1. The molecule has 1 aromatic carbocycles. The molecule has 0 heterocycles. The lowest BCUT2D eigenvalue weighted by atomic mass is 9.87. The number of Topliss-reactive ketones (excluding diaryl/α,β-unsaturated/α-hetero) is 1. The Balaban J connectivity index is 2.13. The third-order valence-corrected chi connectivity index (χ3v) is 4.65. The first kappa shape index (κ1) is 12.2. The van der Waals surface area contributed by atoms with Gasteiger partial charge in [-0.1, -0.05) is 12.2 Å². The van der Waals surface area contributed by atoms with Crippen molar-refractivity contribution in [2.45, 2.75) is 12.3 Å². The molecule has 2 aliphatic carbocycles. The maximum Gasteiger partial charge on any atom is 0.167 e. The molecule has 0 saturated heterocycles. The number of rotatable bonds is 3. The lowest BCUT2D eigenvalue weighted by Gasteiger charge is -2.16. The molecule has 1 saturated carbocycles. The van der Waals surface area contributed by atoms with Crippen molar-refractivity contribution >= 4 is 5.78 Å². The quantitative estimate of drug-likeness (QED) is 0.770.